The lowest BCUT2D eigenvalue weighted by atomic mass is 9.97. The number of carbonyl (C=O) groups excluding carboxylic acids is 1. The third-order valence-electron chi connectivity index (χ3n) is 4.33. The molecule has 0 aromatic heterocycles. The van der Waals surface area contributed by atoms with Crippen LogP contribution in [-0.4, -0.2) is 29.9 Å². The fraction of sp³-hybridized carbons (Fsp3) is 0.917. The van der Waals surface area contributed by atoms with Crippen molar-refractivity contribution in [1.82, 2.24) is 4.90 Å². The lowest BCUT2D eigenvalue weighted by Gasteiger charge is -2.36. The van der Waals surface area contributed by atoms with Crippen molar-refractivity contribution in [2.45, 2.75) is 38.6 Å². The van der Waals surface area contributed by atoms with Crippen molar-refractivity contribution in [2.75, 3.05) is 13.6 Å². The second kappa shape index (κ2) is 3.48. The van der Waals surface area contributed by atoms with E-state index in [0.717, 1.165) is 24.7 Å². The molecule has 2 aliphatic carbocycles. The van der Waals surface area contributed by atoms with Crippen LogP contribution in [0.25, 0.3) is 0 Å². The van der Waals surface area contributed by atoms with Gasteiger partial charge in [0.25, 0.3) is 0 Å². The van der Waals surface area contributed by atoms with Crippen LogP contribution in [0.3, 0.4) is 0 Å². The molecule has 2 aliphatic rings. The predicted octanol–water partition coefficient (Wildman–Crippen LogP) is 1.23. The predicted molar refractivity (Wildman–Crippen MR) is 60.2 cm³/mol. The SMILES string of the molecule is CN(C(=O)C1CC2CC2C1)C(C)(C)CN. The average Bonchev–Trinajstić information content (AvgIpc) is 2.83. The van der Waals surface area contributed by atoms with Gasteiger partial charge in [0.15, 0.2) is 0 Å². The molecule has 3 heteroatoms. The number of rotatable bonds is 3. The van der Waals surface area contributed by atoms with E-state index >= 15 is 0 Å². The summed E-state index contributed by atoms with van der Waals surface area (Å²) in [6.07, 6.45) is 3.61. The maximum absolute atomic E-state index is 12.2. The number of carbonyl (C=O) groups is 1. The summed E-state index contributed by atoms with van der Waals surface area (Å²) in [5.74, 6) is 2.32. The van der Waals surface area contributed by atoms with Crippen molar-refractivity contribution in [3.63, 3.8) is 0 Å². The van der Waals surface area contributed by atoms with E-state index in [-0.39, 0.29) is 11.5 Å². The van der Waals surface area contributed by atoms with Crippen LogP contribution in [0.1, 0.15) is 33.1 Å². The molecule has 1 amide bonds. The van der Waals surface area contributed by atoms with E-state index in [2.05, 4.69) is 0 Å². The van der Waals surface area contributed by atoms with E-state index < -0.39 is 0 Å². The molecule has 0 aromatic carbocycles. The highest BCUT2D eigenvalue weighted by Crippen LogP contribution is 2.54. The molecule has 2 unspecified atom stereocenters. The molecule has 2 N–H and O–H groups in total. The highest BCUT2D eigenvalue weighted by atomic mass is 16.2. The number of hydrogen-bond donors (Lipinski definition) is 1. The molecule has 0 spiro atoms. The molecule has 2 fully saturated rings. The summed E-state index contributed by atoms with van der Waals surface area (Å²) in [4.78, 5) is 14.0. The third kappa shape index (κ3) is 1.89. The van der Waals surface area contributed by atoms with Crippen molar-refractivity contribution < 1.29 is 4.79 Å². The molecule has 0 aliphatic heterocycles. The Hall–Kier alpha value is -0.570. The summed E-state index contributed by atoms with van der Waals surface area (Å²) in [6.45, 7) is 4.58. The summed E-state index contributed by atoms with van der Waals surface area (Å²) in [6, 6.07) is 0. The van der Waals surface area contributed by atoms with Gasteiger partial charge in [-0.15, -0.1) is 0 Å². The van der Waals surface area contributed by atoms with Crippen LogP contribution < -0.4 is 5.73 Å². The number of nitrogens with zero attached hydrogens (tertiary/aromatic N) is 1. The first kappa shape index (κ1) is 10.9. The second-order valence-electron chi connectivity index (χ2n) is 5.84. The normalized spacial score (nSPS) is 33.7. The number of fused-ring (bicyclic) bond motifs is 1. The van der Waals surface area contributed by atoms with Crippen LogP contribution in [0.2, 0.25) is 0 Å². The van der Waals surface area contributed by atoms with Gasteiger partial charge in [0.2, 0.25) is 5.91 Å². The van der Waals surface area contributed by atoms with Crippen molar-refractivity contribution >= 4 is 5.91 Å². The standard InChI is InChI=1S/C12H22N2O/c1-12(2,7-13)14(3)11(15)10-5-8-4-9(8)6-10/h8-10H,4-7,13H2,1-3H3. The van der Waals surface area contributed by atoms with E-state index in [1.165, 1.54) is 6.42 Å². The van der Waals surface area contributed by atoms with E-state index in [1.54, 1.807) is 0 Å². The molecular formula is C12H22N2O. The first-order valence-electron chi connectivity index (χ1n) is 5.93. The molecule has 15 heavy (non-hydrogen) atoms. The van der Waals surface area contributed by atoms with Crippen molar-refractivity contribution in [3.8, 4) is 0 Å². The molecule has 0 heterocycles. The largest absolute Gasteiger partial charge is 0.339 e. The summed E-state index contributed by atoms with van der Waals surface area (Å²) >= 11 is 0. The van der Waals surface area contributed by atoms with Crippen LogP contribution in [0.15, 0.2) is 0 Å². The van der Waals surface area contributed by atoms with Crippen molar-refractivity contribution in [1.29, 1.82) is 0 Å². The zero-order valence-corrected chi connectivity index (χ0v) is 9.99. The van der Waals surface area contributed by atoms with Gasteiger partial charge >= 0.3 is 0 Å². The monoisotopic (exact) mass is 210 g/mol. The van der Waals surface area contributed by atoms with Crippen LogP contribution in [0.5, 0.6) is 0 Å². The summed E-state index contributed by atoms with van der Waals surface area (Å²) < 4.78 is 0. The highest BCUT2D eigenvalue weighted by Gasteiger charge is 2.49. The molecule has 0 saturated heterocycles. The summed E-state index contributed by atoms with van der Waals surface area (Å²) in [5.41, 5.74) is 5.48. The fourth-order valence-electron chi connectivity index (χ4n) is 2.63. The molecule has 2 atom stereocenters. The van der Waals surface area contributed by atoms with Gasteiger partial charge in [0, 0.05) is 25.0 Å². The molecule has 0 aromatic rings. The van der Waals surface area contributed by atoms with Crippen LogP contribution in [0.4, 0.5) is 0 Å². The van der Waals surface area contributed by atoms with E-state index in [1.807, 2.05) is 25.8 Å². The van der Waals surface area contributed by atoms with Crippen molar-refractivity contribution in [2.24, 2.45) is 23.5 Å². The Labute approximate surface area is 92.0 Å². The Morgan fingerprint density at radius 2 is 1.87 bits per heavy atom. The molecule has 0 bridgehead atoms. The number of likely N-dealkylation sites (N-methyl/N-ethyl adjacent to an activating group) is 1. The Bertz CT molecular complexity index is 265. The molecule has 0 radical (unpaired) electrons. The minimum atomic E-state index is -0.205. The Kier molecular flexibility index (Phi) is 2.53. The van der Waals surface area contributed by atoms with Crippen LogP contribution in [0, 0.1) is 17.8 Å². The number of amides is 1. The minimum Gasteiger partial charge on any atom is -0.339 e. The average molecular weight is 210 g/mol. The first-order valence-corrected chi connectivity index (χ1v) is 5.93. The van der Waals surface area contributed by atoms with Crippen LogP contribution >= 0.6 is 0 Å². The Morgan fingerprint density at radius 3 is 2.33 bits per heavy atom. The molecule has 2 saturated carbocycles. The minimum absolute atomic E-state index is 0.205. The van der Waals surface area contributed by atoms with Gasteiger partial charge in [-0.1, -0.05) is 0 Å². The van der Waals surface area contributed by atoms with Gasteiger partial charge in [0.1, 0.15) is 0 Å². The van der Waals surface area contributed by atoms with E-state index in [0.29, 0.717) is 12.5 Å². The lowest BCUT2D eigenvalue weighted by molar-refractivity contribution is -0.138. The zero-order chi connectivity index (χ0) is 11.2. The maximum atomic E-state index is 12.2. The van der Waals surface area contributed by atoms with Gasteiger partial charge in [-0.2, -0.15) is 0 Å². The molecule has 3 nitrogen and oxygen atoms in total. The second-order valence-corrected chi connectivity index (χ2v) is 5.84. The van der Waals surface area contributed by atoms with Gasteiger partial charge < -0.3 is 10.6 Å². The van der Waals surface area contributed by atoms with Gasteiger partial charge in [0.05, 0.1) is 0 Å². The number of nitrogens with two attached hydrogens (primary N) is 1. The highest BCUT2D eigenvalue weighted by molar-refractivity contribution is 5.80. The fourth-order valence-corrected chi connectivity index (χ4v) is 2.63. The topological polar surface area (TPSA) is 46.3 Å². The van der Waals surface area contributed by atoms with Crippen molar-refractivity contribution in [3.05, 3.63) is 0 Å². The quantitative estimate of drug-likeness (QED) is 0.761. The zero-order valence-electron chi connectivity index (χ0n) is 9.99. The van der Waals surface area contributed by atoms with Gasteiger partial charge in [-0.3, -0.25) is 4.79 Å². The van der Waals surface area contributed by atoms with Gasteiger partial charge in [-0.25, -0.2) is 0 Å². The molecule has 2 rings (SSSR count). The summed E-state index contributed by atoms with van der Waals surface area (Å²) in [7, 11) is 1.89. The Balaban J connectivity index is 1.95. The van der Waals surface area contributed by atoms with E-state index in [9.17, 15) is 4.79 Å². The first-order chi connectivity index (χ1) is 6.95. The van der Waals surface area contributed by atoms with Gasteiger partial charge in [-0.05, 0) is 44.9 Å². The van der Waals surface area contributed by atoms with Crippen LogP contribution in [-0.2, 0) is 4.79 Å². The smallest absolute Gasteiger partial charge is 0.225 e. The summed E-state index contributed by atoms with van der Waals surface area (Å²) in [5, 5.41) is 0. The van der Waals surface area contributed by atoms with E-state index in [4.69, 9.17) is 5.73 Å². The Morgan fingerprint density at radius 1 is 1.33 bits per heavy atom. The maximum Gasteiger partial charge on any atom is 0.225 e. The third-order valence-corrected chi connectivity index (χ3v) is 4.33. The molecule has 86 valence electrons. The molecular weight excluding hydrogens is 188 g/mol. The lowest BCUT2D eigenvalue weighted by Crippen LogP contribution is -2.51. The number of hydrogen-bond acceptors (Lipinski definition) is 2.